The third kappa shape index (κ3) is 2.89. The number of benzene rings is 1. The van der Waals surface area contributed by atoms with Crippen LogP contribution in [0.1, 0.15) is 0 Å². The van der Waals surface area contributed by atoms with Crippen LogP contribution in [0, 0.1) is 0 Å². The first-order valence-electron chi connectivity index (χ1n) is 6.80. The zero-order valence-electron chi connectivity index (χ0n) is 11.6. The van der Waals surface area contributed by atoms with Gasteiger partial charge in [0.15, 0.2) is 0 Å². The van der Waals surface area contributed by atoms with Crippen molar-refractivity contribution in [3.63, 3.8) is 0 Å². The molecule has 1 fully saturated rings. The number of anilines is 3. The van der Waals surface area contributed by atoms with E-state index in [4.69, 9.17) is 27.8 Å². The topological polar surface area (TPSA) is 77.4 Å². The van der Waals surface area contributed by atoms with Crippen molar-refractivity contribution in [1.82, 2.24) is 4.98 Å². The van der Waals surface area contributed by atoms with E-state index in [1.807, 2.05) is 12.1 Å². The van der Waals surface area contributed by atoms with Gasteiger partial charge in [0.2, 0.25) is 0 Å². The van der Waals surface area contributed by atoms with Crippen molar-refractivity contribution in [2.24, 2.45) is 0 Å². The van der Waals surface area contributed by atoms with Gasteiger partial charge in [-0.2, -0.15) is 0 Å². The second-order valence-electron chi connectivity index (χ2n) is 4.94. The smallest absolute Gasteiger partial charge is 0.147 e. The van der Waals surface area contributed by atoms with Gasteiger partial charge in [-0.3, -0.25) is 0 Å². The quantitative estimate of drug-likeness (QED) is 0.891. The van der Waals surface area contributed by atoms with Crippen LogP contribution < -0.4 is 16.4 Å². The van der Waals surface area contributed by atoms with Gasteiger partial charge >= 0.3 is 0 Å². The summed E-state index contributed by atoms with van der Waals surface area (Å²) in [5, 5.41) is 0.501. The summed E-state index contributed by atoms with van der Waals surface area (Å²) in [6.07, 6.45) is 0. The largest absolute Gasteiger partial charge is 0.396 e. The third-order valence-corrected chi connectivity index (χ3v) is 3.84. The molecule has 4 N–H and O–H groups in total. The molecule has 0 spiro atoms. The molecular formula is C15H17ClN4O. The van der Waals surface area contributed by atoms with E-state index < -0.39 is 0 Å². The van der Waals surface area contributed by atoms with Crippen LogP contribution in [0.5, 0.6) is 0 Å². The number of ether oxygens (including phenoxy) is 1. The normalized spacial score (nSPS) is 15.2. The minimum Gasteiger partial charge on any atom is -0.396 e. The molecule has 0 aliphatic carbocycles. The Morgan fingerprint density at radius 1 is 1.10 bits per heavy atom. The van der Waals surface area contributed by atoms with E-state index in [0.29, 0.717) is 22.2 Å². The lowest BCUT2D eigenvalue weighted by molar-refractivity contribution is 0.122. The Balaban J connectivity index is 1.88. The summed E-state index contributed by atoms with van der Waals surface area (Å²) in [6, 6.07) is 9.74. The molecule has 21 heavy (non-hydrogen) atoms. The van der Waals surface area contributed by atoms with E-state index in [0.717, 1.165) is 31.9 Å². The highest BCUT2D eigenvalue weighted by Gasteiger charge is 2.13. The molecule has 1 aromatic heterocycles. The molecule has 1 aliphatic heterocycles. The molecule has 1 saturated heterocycles. The number of rotatable bonds is 2. The van der Waals surface area contributed by atoms with Gasteiger partial charge in [0.25, 0.3) is 0 Å². The zero-order chi connectivity index (χ0) is 14.8. The van der Waals surface area contributed by atoms with Gasteiger partial charge < -0.3 is 21.1 Å². The highest BCUT2D eigenvalue weighted by Crippen LogP contribution is 2.31. The first-order chi connectivity index (χ1) is 10.1. The highest BCUT2D eigenvalue weighted by molar-refractivity contribution is 6.33. The Kier molecular flexibility index (Phi) is 3.86. The molecule has 110 valence electrons. The molecule has 6 heteroatoms. The fourth-order valence-corrected chi connectivity index (χ4v) is 2.64. The fourth-order valence-electron chi connectivity index (χ4n) is 2.37. The summed E-state index contributed by atoms with van der Waals surface area (Å²) in [5.74, 6) is 0.298. The maximum absolute atomic E-state index is 6.20. The van der Waals surface area contributed by atoms with Crippen molar-refractivity contribution < 1.29 is 4.74 Å². The van der Waals surface area contributed by atoms with E-state index in [2.05, 4.69) is 22.0 Å². The molecule has 2 aromatic rings. The molecule has 3 rings (SSSR count). The standard InChI is InChI=1S/C15H17ClN4O/c16-12-9-13(17)15(18)19-14(12)10-1-3-11(4-2-10)20-5-7-21-8-6-20/h1-4,9H,5-8,17H2,(H2,18,19). The molecule has 0 amide bonds. The second kappa shape index (κ2) is 5.79. The molecule has 0 radical (unpaired) electrons. The van der Waals surface area contributed by atoms with Crippen LogP contribution in [0.3, 0.4) is 0 Å². The van der Waals surface area contributed by atoms with Crippen molar-refractivity contribution in [3.8, 4) is 11.3 Å². The van der Waals surface area contributed by atoms with E-state index >= 15 is 0 Å². The van der Waals surface area contributed by atoms with Crippen LogP contribution in [-0.2, 0) is 4.74 Å². The van der Waals surface area contributed by atoms with Gasteiger partial charge in [0.05, 0.1) is 29.6 Å². The lowest BCUT2D eigenvalue weighted by Gasteiger charge is -2.28. The predicted molar refractivity (Wildman–Crippen MR) is 86.5 cm³/mol. The molecule has 1 aliphatic rings. The number of aromatic nitrogens is 1. The maximum Gasteiger partial charge on any atom is 0.147 e. The lowest BCUT2D eigenvalue weighted by atomic mass is 10.1. The molecule has 0 atom stereocenters. The van der Waals surface area contributed by atoms with Crippen LogP contribution in [0.2, 0.25) is 5.02 Å². The SMILES string of the molecule is Nc1cc(Cl)c(-c2ccc(N3CCOCC3)cc2)nc1N. The van der Waals surface area contributed by atoms with Gasteiger partial charge in [-0.15, -0.1) is 0 Å². The minimum atomic E-state index is 0.298. The third-order valence-electron chi connectivity index (χ3n) is 3.55. The Labute approximate surface area is 128 Å². The van der Waals surface area contributed by atoms with Gasteiger partial charge in [0, 0.05) is 24.3 Å². The predicted octanol–water partition coefficient (Wildman–Crippen LogP) is 2.40. The summed E-state index contributed by atoms with van der Waals surface area (Å²) in [7, 11) is 0. The van der Waals surface area contributed by atoms with Crippen molar-refractivity contribution in [2.45, 2.75) is 0 Å². The molecule has 1 aromatic carbocycles. The second-order valence-corrected chi connectivity index (χ2v) is 5.35. The average molecular weight is 305 g/mol. The summed E-state index contributed by atoms with van der Waals surface area (Å²) < 4.78 is 5.36. The Morgan fingerprint density at radius 2 is 1.76 bits per heavy atom. The Morgan fingerprint density at radius 3 is 2.43 bits per heavy atom. The molecule has 0 saturated carbocycles. The van der Waals surface area contributed by atoms with E-state index in [1.165, 1.54) is 5.69 Å². The average Bonchev–Trinajstić information content (AvgIpc) is 2.52. The number of nitrogen functional groups attached to an aromatic ring is 2. The van der Waals surface area contributed by atoms with Crippen LogP contribution in [0.15, 0.2) is 30.3 Å². The monoisotopic (exact) mass is 304 g/mol. The number of halogens is 1. The summed E-state index contributed by atoms with van der Waals surface area (Å²) in [4.78, 5) is 6.56. The molecule has 0 unspecified atom stereocenters. The number of pyridine rings is 1. The molecular weight excluding hydrogens is 288 g/mol. The lowest BCUT2D eigenvalue weighted by Crippen LogP contribution is -2.36. The molecule has 2 heterocycles. The number of nitrogens with two attached hydrogens (primary N) is 2. The Bertz CT molecular complexity index is 639. The van der Waals surface area contributed by atoms with Crippen LogP contribution >= 0.6 is 11.6 Å². The maximum atomic E-state index is 6.20. The van der Waals surface area contributed by atoms with Crippen LogP contribution in [0.25, 0.3) is 11.3 Å². The summed E-state index contributed by atoms with van der Waals surface area (Å²) in [5.41, 5.74) is 14.6. The number of nitrogens with zero attached hydrogens (tertiary/aromatic N) is 2. The summed E-state index contributed by atoms with van der Waals surface area (Å²) >= 11 is 6.20. The first-order valence-corrected chi connectivity index (χ1v) is 7.17. The molecule has 0 bridgehead atoms. The van der Waals surface area contributed by atoms with Crippen molar-refractivity contribution >= 4 is 28.8 Å². The fraction of sp³-hybridized carbons (Fsp3) is 0.267. The van der Waals surface area contributed by atoms with Crippen LogP contribution in [-0.4, -0.2) is 31.3 Å². The van der Waals surface area contributed by atoms with Crippen molar-refractivity contribution in [2.75, 3.05) is 42.7 Å². The van der Waals surface area contributed by atoms with Crippen LogP contribution in [0.4, 0.5) is 17.2 Å². The van der Waals surface area contributed by atoms with E-state index in [-0.39, 0.29) is 0 Å². The number of morpholine rings is 1. The number of hydrogen-bond acceptors (Lipinski definition) is 5. The van der Waals surface area contributed by atoms with Crippen molar-refractivity contribution in [3.05, 3.63) is 35.4 Å². The minimum absolute atomic E-state index is 0.298. The number of hydrogen-bond donors (Lipinski definition) is 2. The Hall–Kier alpha value is -1.98. The van der Waals surface area contributed by atoms with E-state index in [1.54, 1.807) is 6.07 Å². The zero-order valence-corrected chi connectivity index (χ0v) is 12.3. The highest BCUT2D eigenvalue weighted by atomic mass is 35.5. The molecule has 5 nitrogen and oxygen atoms in total. The van der Waals surface area contributed by atoms with Gasteiger partial charge in [-0.1, -0.05) is 23.7 Å². The van der Waals surface area contributed by atoms with Gasteiger partial charge in [-0.05, 0) is 18.2 Å². The van der Waals surface area contributed by atoms with E-state index in [9.17, 15) is 0 Å². The summed E-state index contributed by atoms with van der Waals surface area (Å²) in [6.45, 7) is 3.35. The van der Waals surface area contributed by atoms with Crippen molar-refractivity contribution in [1.29, 1.82) is 0 Å². The van der Waals surface area contributed by atoms with Gasteiger partial charge in [-0.25, -0.2) is 4.98 Å². The first kappa shape index (κ1) is 14.0. The van der Waals surface area contributed by atoms with Gasteiger partial charge in [0.1, 0.15) is 5.82 Å².